The third-order valence-corrected chi connectivity index (χ3v) is 6.42. The maximum absolute atomic E-state index is 13.4. The summed E-state index contributed by atoms with van der Waals surface area (Å²) in [6.07, 6.45) is 2.94. The molecular weight excluding hydrogens is 440 g/mol. The van der Waals surface area contributed by atoms with Gasteiger partial charge in [0.25, 0.3) is 11.5 Å². The molecule has 0 radical (unpaired) electrons. The van der Waals surface area contributed by atoms with Crippen LogP contribution in [-0.4, -0.2) is 39.2 Å². The first-order valence-corrected chi connectivity index (χ1v) is 12.3. The number of aromatic amines is 1. The predicted molar refractivity (Wildman–Crippen MR) is 142 cm³/mol. The van der Waals surface area contributed by atoms with E-state index in [1.807, 2.05) is 39.8 Å². The molecule has 2 aromatic rings. The number of rotatable bonds is 7. The van der Waals surface area contributed by atoms with Crippen LogP contribution >= 0.6 is 0 Å². The van der Waals surface area contributed by atoms with Gasteiger partial charge in [0, 0.05) is 58.3 Å². The lowest BCUT2D eigenvalue weighted by Gasteiger charge is -2.46. The number of anilines is 1. The summed E-state index contributed by atoms with van der Waals surface area (Å²) in [5.74, 6) is 0.365. The van der Waals surface area contributed by atoms with Gasteiger partial charge in [-0.25, -0.2) is 4.98 Å². The van der Waals surface area contributed by atoms with Crippen LogP contribution in [0.1, 0.15) is 98.7 Å². The van der Waals surface area contributed by atoms with Gasteiger partial charge in [0.1, 0.15) is 5.82 Å². The van der Waals surface area contributed by atoms with E-state index >= 15 is 0 Å². The van der Waals surface area contributed by atoms with Crippen molar-refractivity contribution >= 4 is 17.9 Å². The van der Waals surface area contributed by atoms with Crippen LogP contribution in [-0.2, 0) is 6.54 Å². The molecule has 1 aliphatic heterocycles. The van der Waals surface area contributed by atoms with E-state index in [4.69, 9.17) is 10.4 Å². The lowest BCUT2D eigenvalue weighted by atomic mass is 9.74. The van der Waals surface area contributed by atoms with Crippen molar-refractivity contribution in [1.82, 2.24) is 20.6 Å². The second-order valence-corrected chi connectivity index (χ2v) is 11.4. The van der Waals surface area contributed by atoms with Gasteiger partial charge in [-0.15, -0.1) is 0 Å². The van der Waals surface area contributed by atoms with E-state index in [2.05, 4.69) is 48.6 Å². The SMILES string of the molecule is Cc1cc(C)c(CNC(=O)c2cc(C3CC(C)(C)NC(C)(C)C3)nc(NC(C)C)c2C=N)c(=O)[nH]1. The molecule has 190 valence electrons. The fourth-order valence-electron chi connectivity index (χ4n) is 5.40. The van der Waals surface area contributed by atoms with E-state index in [1.54, 1.807) is 0 Å². The number of amides is 1. The van der Waals surface area contributed by atoms with Gasteiger partial charge in [-0.05, 0) is 85.9 Å². The number of H-pyrrole nitrogens is 1. The third kappa shape index (κ3) is 6.36. The maximum atomic E-state index is 13.4. The van der Waals surface area contributed by atoms with E-state index in [-0.39, 0.29) is 41.0 Å². The van der Waals surface area contributed by atoms with E-state index in [1.165, 1.54) is 6.21 Å². The normalized spacial score (nSPS) is 17.3. The highest BCUT2D eigenvalue weighted by molar-refractivity contribution is 6.04. The molecule has 2 aromatic heterocycles. The Hall–Kier alpha value is -3.00. The summed E-state index contributed by atoms with van der Waals surface area (Å²) in [5, 5.41) is 18.0. The van der Waals surface area contributed by atoms with Gasteiger partial charge < -0.3 is 26.3 Å². The van der Waals surface area contributed by atoms with Crippen LogP contribution < -0.4 is 21.5 Å². The molecule has 1 saturated heterocycles. The third-order valence-electron chi connectivity index (χ3n) is 6.42. The van der Waals surface area contributed by atoms with Gasteiger partial charge in [0.05, 0.1) is 5.56 Å². The highest BCUT2D eigenvalue weighted by Gasteiger charge is 2.39. The average molecular weight is 481 g/mol. The van der Waals surface area contributed by atoms with Gasteiger partial charge in [-0.1, -0.05) is 0 Å². The van der Waals surface area contributed by atoms with Gasteiger partial charge in [0.15, 0.2) is 0 Å². The molecule has 0 atom stereocenters. The molecule has 0 bridgehead atoms. The molecule has 0 saturated carbocycles. The molecule has 0 unspecified atom stereocenters. The molecule has 8 nitrogen and oxygen atoms in total. The number of carbonyl (C=O) groups is 1. The monoisotopic (exact) mass is 480 g/mol. The Morgan fingerprint density at radius 2 is 1.83 bits per heavy atom. The highest BCUT2D eigenvalue weighted by Crippen LogP contribution is 2.39. The summed E-state index contributed by atoms with van der Waals surface area (Å²) in [7, 11) is 0. The van der Waals surface area contributed by atoms with Crippen LogP contribution in [0.5, 0.6) is 0 Å². The molecule has 3 rings (SSSR count). The first kappa shape index (κ1) is 26.6. The second kappa shape index (κ2) is 9.93. The minimum atomic E-state index is -0.328. The summed E-state index contributed by atoms with van der Waals surface area (Å²) in [5.41, 5.74) is 3.46. The summed E-state index contributed by atoms with van der Waals surface area (Å²) in [6.45, 7) is 16.6. The first-order valence-electron chi connectivity index (χ1n) is 12.3. The lowest BCUT2D eigenvalue weighted by molar-refractivity contribution is 0.0950. The Balaban J connectivity index is 2.01. The number of aryl methyl sites for hydroxylation is 2. The van der Waals surface area contributed by atoms with Crippen LogP contribution in [0, 0.1) is 19.3 Å². The summed E-state index contributed by atoms with van der Waals surface area (Å²) in [4.78, 5) is 33.5. The number of nitrogens with one attached hydrogen (secondary N) is 5. The van der Waals surface area contributed by atoms with Crippen molar-refractivity contribution in [2.45, 2.75) is 97.8 Å². The zero-order chi connectivity index (χ0) is 26.1. The molecule has 3 heterocycles. The van der Waals surface area contributed by atoms with Crippen LogP contribution in [0.2, 0.25) is 0 Å². The number of hydrogen-bond acceptors (Lipinski definition) is 6. The quantitative estimate of drug-likeness (QED) is 0.381. The zero-order valence-electron chi connectivity index (χ0n) is 22.3. The molecule has 35 heavy (non-hydrogen) atoms. The Bertz CT molecular complexity index is 1160. The van der Waals surface area contributed by atoms with E-state index in [0.717, 1.165) is 29.8 Å². The molecule has 8 heteroatoms. The molecule has 1 amide bonds. The molecule has 0 aliphatic carbocycles. The minimum absolute atomic E-state index is 0.0770. The number of hydrogen-bond donors (Lipinski definition) is 5. The largest absolute Gasteiger partial charge is 0.367 e. The van der Waals surface area contributed by atoms with Crippen molar-refractivity contribution in [3.63, 3.8) is 0 Å². The Kier molecular flexibility index (Phi) is 7.55. The van der Waals surface area contributed by atoms with Crippen LogP contribution in [0.3, 0.4) is 0 Å². The zero-order valence-corrected chi connectivity index (χ0v) is 22.3. The number of nitrogens with zero attached hydrogens (tertiary/aromatic N) is 1. The number of carbonyl (C=O) groups excluding carboxylic acids is 1. The van der Waals surface area contributed by atoms with Crippen molar-refractivity contribution in [2.24, 2.45) is 0 Å². The number of aromatic nitrogens is 2. The fourth-order valence-corrected chi connectivity index (χ4v) is 5.40. The molecule has 1 fully saturated rings. The van der Waals surface area contributed by atoms with Gasteiger partial charge in [0.2, 0.25) is 0 Å². The Morgan fingerprint density at radius 1 is 1.20 bits per heavy atom. The standard InChI is InChI=1S/C27H40N6O2/c1-15(2)30-23-20(13-28)19(24(34)29-14-21-16(3)9-17(4)31-25(21)35)10-22(32-23)18-11-26(5,6)33-27(7,8)12-18/h9-10,13,15,18,28,33H,11-12,14H2,1-8H3,(H,29,34)(H,30,32)(H,31,35). The molecule has 0 aromatic carbocycles. The Labute approximate surface area is 208 Å². The summed E-state index contributed by atoms with van der Waals surface area (Å²) < 4.78 is 0. The molecular formula is C27H40N6O2. The van der Waals surface area contributed by atoms with E-state index < -0.39 is 0 Å². The Morgan fingerprint density at radius 3 is 2.37 bits per heavy atom. The first-order chi connectivity index (χ1) is 16.2. The summed E-state index contributed by atoms with van der Waals surface area (Å²) >= 11 is 0. The summed E-state index contributed by atoms with van der Waals surface area (Å²) in [6, 6.07) is 3.80. The van der Waals surface area contributed by atoms with Crippen LogP contribution in [0.25, 0.3) is 0 Å². The van der Waals surface area contributed by atoms with Crippen molar-refractivity contribution in [2.75, 3.05) is 5.32 Å². The smallest absolute Gasteiger partial charge is 0.253 e. The van der Waals surface area contributed by atoms with Gasteiger partial charge >= 0.3 is 0 Å². The fraction of sp³-hybridized carbons (Fsp3) is 0.556. The van der Waals surface area contributed by atoms with E-state index in [9.17, 15) is 9.59 Å². The highest BCUT2D eigenvalue weighted by atomic mass is 16.1. The van der Waals surface area contributed by atoms with Crippen molar-refractivity contribution < 1.29 is 4.79 Å². The molecule has 0 spiro atoms. The number of piperidine rings is 1. The van der Waals surface area contributed by atoms with Crippen molar-refractivity contribution in [3.05, 3.63) is 56.1 Å². The average Bonchev–Trinajstić information content (AvgIpc) is 2.69. The second-order valence-electron chi connectivity index (χ2n) is 11.4. The van der Waals surface area contributed by atoms with Gasteiger partial charge in [-0.3, -0.25) is 9.59 Å². The molecule has 1 aliphatic rings. The van der Waals surface area contributed by atoms with Crippen molar-refractivity contribution in [3.8, 4) is 0 Å². The van der Waals surface area contributed by atoms with E-state index in [0.29, 0.717) is 22.5 Å². The number of pyridine rings is 2. The topological polar surface area (TPSA) is 123 Å². The maximum Gasteiger partial charge on any atom is 0.253 e. The molecule has 5 N–H and O–H groups in total. The van der Waals surface area contributed by atoms with Crippen molar-refractivity contribution in [1.29, 1.82) is 5.41 Å². The lowest BCUT2D eigenvalue weighted by Crippen LogP contribution is -2.57. The van der Waals surface area contributed by atoms with Crippen LogP contribution in [0.4, 0.5) is 5.82 Å². The van der Waals surface area contributed by atoms with Crippen LogP contribution in [0.15, 0.2) is 16.9 Å². The van der Waals surface area contributed by atoms with Gasteiger partial charge in [-0.2, -0.15) is 0 Å². The minimum Gasteiger partial charge on any atom is -0.367 e. The predicted octanol–water partition coefficient (Wildman–Crippen LogP) is 4.16.